The summed E-state index contributed by atoms with van der Waals surface area (Å²) < 4.78 is 38.1. The molecular weight excluding hydrogens is 406 g/mol. The van der Waals surface area contributed by atoms with Crippen LogP contribution in [-0.4, -0.2) is 57.6 Å². The molecule has 2 heterocycles. The molecule has 0 atom stereocenters. The van der Waals surface area contributed by atoms with E-state index in [1.807, 2.05) is 0 Å². The van der Waals surface area contributed by atoms with Crippen molar-refractivity contribution in [2.24, 2.45) is 5.73 Å². The summed E-state index contributed by atoms with van der Waals surface area (Å²) in [4.78, 5) is 12.7. The molecule has 0 saturated carbocycles. The summed E-state index contributed by atoms with van der Waals surface area (Å²) in [7, 11) is -2.27. The molecule has 1 aromatic carbocycles. The fourth-order valence-electron chi connectivity index (χ4n) is 3.42. The molecule has 1 amide bonds. The number of amides is 1. The van der Waals surface area contributed by atoms with Gasteiger partial charge in [0.15, 0.2) is 0 Å². The van der Waals surface area contributed by atoms with E-state index >= 15 is 0 Å². The zero-order chi connectivity index (χ0) is 19.5. The van der Waals surface area contributed by atoms with Crippen LogP contribution in [0.15, 0.2) is 23.1 Å². The summed E-state index contributed by atoms with van der Waals surface area (Å²) in [5.74, 6) is -0.0793. The molecular formula is C18H28ClN3O5S. The summed E-state index contributed by atoms with van der Waals surface area (Å²) in [5, 5.41) is 2.76. The zero-order valence-corrected chi connectivity index (χ0v) is 17.6. The van der Waals surface area contributed by atoms with Crippen molar-refractivity contribution in [3.8, 4) is 5.75 Å². The predicted molar refractivity (Wildman–Crippen MR) is 108 cm³/mol. The number of rotatable bonds is 5. The van der Waals surface area contributed by atoms with E-state index in [1.54, 1.807) is 12.1 Å². The lowest BCUT2D eigenvalue weighted by Crippen LogP contribution is -2.54. The van der Waals surface area contributed by atoms with E-state index in [1.165, 1.54) is 17.5 Å². The molecule has 0 aliphatic carbocycles. The molecule has 10 heteroatoms. The molecule has 0 spiro atoms. The Hall–Kier alpha value is -1.39. The molecule has 3 N–H and O–H groups in total. The number of anilines is 1. The van der Waals surface area contributed by atoms with E-state index in [0.717, 1.165) is 19.3 Å². The maximum atomic E-state index is 13.1. The van der Waals surface area contributed by atoms with E-state index in [-0.39, 0.29) is 29.0 Å². The first-order valence-electron chi connectivity index (χ1n) is 9.23. The lowest BCUT2D eigenvalue weighted by molar-refractivity contribution is -0.124. The number of nitrogens with one attached hydrogen (secondary N) is 1. The quantitative estimate of drug-likeness (QED) is 0.731. The topological polar surface area (TPSA) is 111 Å². The van der Waals surface area contributed by atoms with Crippen molar-refractivity contribution in [2.75, 3.05) is 38.7 Å². The Labute approximate surface area is 172 Å². The molecule has 8 nitrogen and oxygen atoms in total. The average molecular weight is 434 g/mol. The number of sulfonamides is 1. The van der Waals surface area contributed by atoms with Gasteiger partial charge in [-0.05, 0) is 43.9 Å². The van der Waals surface area contributed by atoms with Crippen LogP contribution in [0, 0.1) is 0 Å². The van der Waals surface area contributed by atoms with Gasteiger partial charge in [0.1, 0.15) is 16.2 Å². The van der Waals surface area contributed by atoms with Crippen LogP contribution < -0.4 is 15.8 Å². The molecule has 0 bridgehead atoms. The standard InChI is InChI=1S/C18H27N3O5S.ClH/c1-25-15-6-5-14(20-17(22)18(19)7-11-26-12-8-18)13-16(15)27(23,24)21-9-3-2-4-10-21;/h5-6,13H,2-4,7-12,19H2,1H3,(H,20,22);1H. The van der Waals surface area contributed by atoms with E-state index < -0.39 is 15.6 Å². The molecule has 2 aliphatic rings. The lowest BCUT2D eigenvalue weighted by Gasteiger charge is -2.32. The van der Waals surface area contributed by atoms with Crippen molar-refractivity contribution in [2.45, 2.75) is 42.5 Å². The summed E-state index contributed by atoms with van der Waals surface area (Å²) in [6.07, 6.45) is 3.56. The van der Waals surface area contributed by atoms with E-state index in [4.69, 9.17) is 15.2 Å². The van der Waals surface area contributed by atoms with Crippen LogP contribution in [0.4, 0.5) is 5.69 Å². The average Bonchev–Trinajstić information content (AvgIpc) is 2.69. The highest BCUT2D eigenvalue weighted by Gasteiger charge is 2.36. The first-order valence-corrected chi connectivity index (χ1v) is 10.7. The normalized spacial score (nSPS) is 20.1. The van der Waals surface area contributed by atoms with Crippen LogP contribution >= 0.6 is 12.4 Å². The molecule has 3 rings (SSSR count). The number of hydrogen-bond donors (Lipinski definition) is 2. The second kappa shape index (κ2) is 9.41. The zero-order valence-electron chi connectivity index (χ0n) is 16.0. The highest BCUT2D eigenvalue weighted by Crippen LogP contribution is 2.31. The first kappa shape index (κ1) is 22.9. The third-order valence-electron chi connectivity index (χ3n) is 5.19. The van der Waals surface area contributed by atoms with Crippen LogP contribution in [0.3, 0.4) is 0 Å². The van der Waals surface area contributed by atoms with Crippen LogP contribution in [0.5, 0.6) is 5.75 Å². The molecule has 2 fully saturated rings. The van der Waals surface area contributed by atoms with E-state index in [2.05, 4.69) is 5.32 Å². The summed E-state index contributed by atoms with van der Waals surface area (Å²) in [5.41, 5.74) is 5.58. The highest BCUT2D eigenvalue weighted by molar-refractivity contribution is 7.89. The molecule has 0 aromatic heterocycles. The van der Waals surface area contributed by atoms with Crippen LogP contribution in [-0.2, 0) is 19.6 Å². The number of nitrogens with zero attached hydrogens (tertiary/aromatic N) is 1. The number of benzene rings is 1. The van der Waals surface area contributed by atoms with Crippen molar-refractivity contribution >= 4 is 34.0 Å². The number of methoxy groups -OCH3 is 1. The fourth-order valence-corrected chi connectivity index (χ4v) is 5.12. The SMILES string of the molecule is COc1ccc(NC(=O)C2(N)CCOCC2)cc1S(=O)(=O)N1CCCCC1.Cl. The van der Waals surface area contributed by atoms with Crippen molar-refractivity contribution in [1.82, 2.24) is 4.31 Å². The molecule has 2 aliphatic heterocycles. The van der Waals surface area contributed by atoms with Gasteiger partial charge in [-0.1, -0.05) is 6.42 Å². The largest absolute Gasteiger partial charge is 0.495 e. The third kappa shape index (κ3) is 4.77. The molecule has 158 valence electrons. The number of carbonyl (C=O) groups excluding carboxylic acids is 1. The monoisotopic (exact) mass is 433 g/mol. The van der Waals surface area contributed by atoms with Gasteiger partial charge in [-0.3, -0.25) is 4.79 Å². The van der Waals surface area contributed by atoms with Gasteiger partial charge >= 0.3 is 0 Å². The van der Waals surface area contributed by atoms with Gasteiger partial charge in [0.05, 0.1) is 7.11 Å². The Morgan fingerprint density at radius 1 is 1.21 bits per heavy atom. The van der Waals surface area contributed by atoms with Gasteiger partial charge in [0.2, 0.25) is 15.9 Å². The maximum absolute atomic E-state index is 13.1. The third-order valence-corrected chi connectivity index (χ3v) is 7.11. The van der Waals surface area contributed by atoms with E-state index in [0.29, 0.717) is 44.8 Å². The van der Waals surface area contributed by atoms with Gasteiger partial charge in [-0.25, -0.2) is 8.42 Å². The Bertz CT molecular complexity index is 790. The smallest absolute Gasteiger partial charge is 0.246 e. The number of hydrogen-bond acceptors (Lipinski definition) is 6. The number of ether oxygens (including phenoxy) is 2. The Balaban J connectivity index is 0.00000280. The minimum atomic E-state index is -3.70. The van der Waals surface area contributed by atoms with Crippen LogP contribution in [0.1, 0.15) is 32.1 Å². The highest BCUT2D eigenvalue weighted by atomic mass is 35.5. The predicted octanol–water partition coefficient (Wildman–Crippen LogP) is 1.74. The van der Waals surface area contributed by atoms with Crippen LogP contribution in [0.25, 0.3) is 0 Å². The van der Waals surface area contributed by atoms with Crippen molar-refractivity contribution in [3.05, 3.63) is 18.2 Å². The first-order chi connectivity index (χ1) is 12.9. The number of nitrogens with two attached hydrogens (primary N) is 1. The summed E-state index contributed by atoms with van der Waals surface area (Å²) in [6, 6.07) is 4.62. The Morgan fingerprint density at radius 3 is 2.46 bits per heavy atom. The van der Waals surface area contributed by atoms with Crippen molar-refractivity contribution in [1.29, 1.82) is 0 Å². The van der Waals surface area contributed by atoms with Crippen molar-refractivity contribution < 1.29 is 22.7 Å². The minimum Gasteiger partial charge on any atom is -0.495 e. The Morgan fingerprint density at radius 2 is 1.86 bits per heavy atom. The lowest BCUT2D eigenvalue weighted by atomic mass is 9.90. The fraction of sp³-hybridized carbons (Fsp3) is 0.611. The number of carbonyl (C=O) groups is 1. The molecule has 28 heavy (non-hydrogen) atoms. The summed E-state index contributed by atoms with van der Waals surface area (Å²) in [6.45, 7) is 1.85. The summed E-state index contributed by atoms with van der Waals surface area (Å²) >= 11 is 0. The van der Waals surface area contributed by atoms with Gasteiger partial charge < -0.3 is 20.5 Å². The van der Waals surface area contributed by atoms with E-state index in [9.17, 15) is 13.2 Å². The van der Waals surface area contributed by atoms with Crippen molar-refractivity contribution in [3.63, 3.8) is 0 Å². The second-order valence-electron chi connectivity index (χ2n) is 7.05. The molecule has 0 radical (unpaired) electrons. The van der Waals surface area contributed by atoms with Gasteiger partial charge in [0.25, 0.3) is 0 Å². The van der Waals surface area contributed by atoms with Gasteiger partial charge in [-0.2, -0.15) is 4.31 Å². The maximum Gasteiger partial charge on any atom is 0.246 e. The number of piperidine rings is 1. The number of halogens is 1. The minimum absolute atomic E-state index is 0. The van der Waals surface area contributed by atoms with Gasteiger partial charge in [-0.15, -0.1) is 12.4 Å². The molecule has 1 aromatic rings. The van der Waals surface area contributed by atoms with Gasteiger partial charge in [0, 0.05) is 32.0 Å². The van der Waals surface area contributed by atoms with Crippen LogP contribution in [0.2, 0.25) is 0 Å². The molecule has 0 unspecified atom stereocenters. The molecule has 2 saturated heterocycles. The second-order valence-corrected chi connectivity index (χ2v) is 8.96. The Kier molecular flexibility index (Phi) is 7.69.